The molecule has 0 aliphatic carbocycles. The number of anilines is 1. The molecule has 0 aliphatic heterocycles. The normalized spacial score (nSPS) is 10.4. The number of carbonyl (C=O) groups is 4. The number of methoxy groups -OCH3 is 2. The summed E-state index contributed by atoms with van der Waals surface area (Å²) >= 11 is 0. The molecule has 2 rings (SSSR count). The zero-order valence-electron chi connectivity index (χ0n) is 16.8. The van der Waals surface area contributed by atoms with Crippen molar-refractivity contribution in [3.8, 4) is 0 Å². The van der Waals surface area contributed by atoms with Gasteiger partial charge in [0.05, 0.1) is 31.0 Å². The second-order valence-electron chi connectivity index (χ2n) is 6.15. The van der Waals surface area contributed by atoms with Crippen LogP contribution in [0.4, 0.5) is 5.69 Å². The van der Waals surface area contributed by atoms with Gasteiger partial charge in [-0.05, 0) is 36.8 Å². The maximum atomic E-state index is 12.2. The average molecular weight is 411 g/mol. The van der Waals surface area contributed by atoms with E-state index in [-0.39, 0.29) is 16.8 Å². The molecule has 0 radical (unpaired) electrons. The first kappa shape index (κ1) is 22.4. The number of esters is 3. The van der Waals surface area contributed by atoms with Crippen LogP contribution >= 0.6 is 0 Å². The number of benzene rings is 2. The Balaban J connectivity index is 2.03. The fourth-order valence-corrected chi connectivity index (χ4v) is 2.49. The summed E-state index contributed by atoms with van der Waals surface area (Å²) in [6.07, 6.45) is 2.78. The molecule has 0 aromatic heterocycles. The Hall–Kier alpha value is -3.94. The van der Waals surface area contributed by atoms with E-state index in [9.17, 15) is 19.2 Å². The van der Waals surface area contributed by atoms with Crippen LogP contribution in [0.2, 0.25) is 0 Å². The summed E-state index contributed by atoms with van der Waals surface area (Å²) in [6, 6.07) is 11.5. The summed E-state index contributed by atoms with van der Waals surface area (Å²) in [4.78, 5) is 47.6. The molecule has 8 nitrogen and oxygen atoms in total. The van der Waals surface area contributed by atoms with E-state index in [4.69, 9.17) is 4.74 Å². The summed E-state index contributed by atoms with van der Waals surface area (Å²) in [7, 11) is 2.39. The first-order chi connectivity index (χ1) is 14.3. The lowest BCUT2D eigenvalue weighted by Crippen LogP contribution is -2.22. The maximum Gasteiger partial charge on any atom is 0.339 e. The van der Waals surface area contributed by atoms with E-state index in [1.807, 2.05) is 31.2 Å². The van der Waals surface area contributed by atoms with Gasteiger partial charge in [0.2, 0.25) is 0 Å². The second kappa shape index (κ2) is 10.6. The highest BCUT2D eigenvalue weighted by Crippen LogP contribution is 2.20. The van der Waals surface area contributed by atoms with Crippen LogP contribution in [0.15, 0.2) is 48.5 Å². The smallest absolute Gasteiger partial charge is 0.339 e. The fourth-order valence-electron chi connectivity index (χ4n) is 2.49. The van der Waals surface area contributed by atoms with E-state index < -0.39 is 30.4 Å². The number of rotatable bonds is 7. The molecule has 2 aromatic rings. The van der Waals surface area contributed by atoms with Crippen LogP contribution in [-0.4, -0.2) is 44.6 Å². The molecule has 2 aromatic carbocycles. The quantitative estimate of drug-likeness (QED) is 0.424. The Bertz CT molecular complexity index is 995. The van der Waals surface area contributed by atoms with Crippen molar-refractivity contribution in [1.29, 1.82) is 0 Å². The van der Waals surface area contributed by atoms with Crippen LogP contribution in [0.3, 0.4) is 0 Å². The third-order valence-corrected chi connectivity index (χ3v) is 3.92. The van der Waals surface area contributed by atoms with Crippen LogP contribution in [-0.2, 0) is 23.8 Å². The van der Waals surface area contributed by atoms with Crippen LogP contribution < -0.4 is 5.32 Å². The van der Waals surface area contributed by atoms with Gasteiger partial charge in [0.25, 0.3) is 5.91 Å². The number of nitrogens with one attached hydrogen (secondary N) is 1. The Labute approximate surface area is 173 Å². The Morgan fingerprint density at radius 1 is 0.967 bits per heavy atom. The van der Waals surface area contributed by atoms with Gasteiger partial charge in [-0.1, -0.05) is 29.8 Å². The lowest BCUT2D eigenvalue weighted by atomic mass is 10.1. The predicted molar refractivity (Wildman–Crippen MR) is 109 cm³/mol. The Morgan fingerprint density at radius 2 is 1.70 bits per heavy atom. The van der Waals surface area contributed by atoms with E-state index in [2.05, 4.69) is 14.8 Å². The lowest BCUT2D eigenvalue weighted by Gasteiger charge is -2.11. The number of amides is 1. The molecule has 0 fully saturated rings. The van der Waals surface area contributed by atoms with Gasteiger partial charge >= 0.3 is 17.9 Å². The molecule has 1 N–H and O–H groups in total. The second-order valence-corrected chi connectivity index (χ2v) is 6.15. The fraction of sp³-hybridized carbons (Fsp3) is 0.182. The molecule has 156 valence electrons. The van der Waals surface area contributed by atoms with Crippen molar-refractivity contribution in [2.75, 3.05) is 26.1 Å². The van der Waals surface area contributed by atoms with Crippen molar-refractivity contribution in [1.82, 2.24) is 0 Å². The van der Waals surface area contributed by atoms with Crippen LogP contribution in [0.25, 0.3) is 6.08 Å². The molecule has 0 bridgehead atoms. The number of hydrogen-bond acceptors (Lipinski definition) is 7. The number of hydrogen-bond donors (Lipinski definition) is 1. The minimum Gasteiger partial charge on any atom is -0.465 e. The van der Waals surface area contributed by atoms with Gasteiger partial charge < -0.3 is 19.5 Å². The summed E-state index contributed by atoms with van der Waals surface area (Å²) in [5, 5.41) is 2.43. The summed E-state index contributed by atoms with van der Waals surface area (Å²) in [5.74, 6) is -2.75. The minimum atomic E-state index is -0.709. The van der Waals surface area contributed by atoms with Crippen LogP contribution in [0.5, 0.6) is 0 Å². The number of carbonyl (C=O) groups excluding carboxylic acids is 4. The maximum absolute atomic E-state index is 12.2. The predicted octanol–water partition coefficient (Wildman–Crippen LogP) is 2.76. The zero-order chi connectivity index (χ0) is 22.1. The monoisotopic (exact) mass is 411 g/mol. The molecule has 0 unspecified atom stereocenters. The molecule has 0 atom stereocenters. The van der Waals surface area contributed by atoms with E-state index in [1.54, 1.807) is 6.08 Å². The van der Waals surface area contributed by atoms with Crippen molar-refractivity contribution in [3.05, 3.63) is 70.8 Å². The third kappa shape index (κ3) is 6.30. The van der Waals surface area contributed by atoms with E-state index in [0.29, 0.717) is 0 Å². The molecular formula is C22H21NO7. The minimum absolute atomic E-state index is 0.0288. The van der Waals surface area contributed by atoms with Gasteiger partial charge in [0.1, 0.15) is 0 Å². The van der Waals surface area contributed by atoms with E-state index in [0.717, 1.165) is 11.1 Å². The first-order valence-electron chi connectivity index (χ1n) is 8.86. The van der Waals surface area contributed by atoms with Gasteiger partial charge in [-0.15, -0.1) is 0 Å². The average Bonchev–Trinajstić information content (AvgIpc) is 2.75. The molecule has 0 aliphatic rings. The van der Waals surface area contributed by atoms with Gasteiger partial charge in [-0.25, -0.2) is 14.4 Å². The molecule has 30 heavy (non-hydrogen) atoms. The molecule has 0 saturated carbocycles. The van der Waals surface area contributed by atoms with Gasteiger partial charge in [-0.2, -0.15) is 0 Å². The van der Waals surface area contributed by atoms with Crippen molar-refractivity contribution in [3.63, 3.8) is 0 Å². The molecule has 0 spiro atoms. The topological polar surface area (TPSA) is 108 Å². The van der Waals surface area contributed by atoms with Crippen molar-refractivity contribution in [2.45, 2.75) is 6.92 Å². The largest absolute Gasteiger partial charge is 0.465 e. The summed E-state index contributed by atoms with van der Waals surface area (Å²) in [6.45, 7) is 1.35. The Morgan fingerprint density at radius 3 is 2.37 bits per heavy atom. The highest BCUT2D eigenvalue weighted by Gasteiger charge is 2.17. The first-order valence-corrected chi connectivity index (χ1v) is 8.86. The molecule has 0 heterocycles. The van der Waals surface area contributed by atoms with Gasteiger partial charge in [0, 0.05) is 6.08 Å². The summed E-state index contributed by atoms with van der Waals surface area (Å²) < 4.78 is 14.2. The lowest BCUT2D eigenvalue weighted by molar-refractivity contribution is -0.142. The molecular weight excluding hydrogens is 390 g/mol. The SMILES string of the molecule is COC(=O)c1ccc(C(=O)OC)c(NC(=O)COC(=O)/C=C/c2cccc(C)c2)c1. The van der Waals surface area contributed by atoms with Gasteiger partial charge in [-0.3, -0.25) is 4.79 Å². The van der Waals surface area contributed by atoms with Gasteiger partial charge in [0.15, 0.2) is 6.61 Å². The molecule has 1 amide bonds. The zero-order valence-corrected chi connectivity index (χ0v) is 16.8. The highest BCUT2D eigenvalue weighted by molar-refractivity contribution is 6.04. The van der Waals surface area contributed by atoms with Crippen molar-refractivity contribution >= 4 is 35.6 Å². The van der Waals surface area contributed by atoms with E-state index in [1.165, 1.54) is 38.5 Å². The molecule has 8 heteroatoms. The van der Waals surface area contributed by atoms with Crippen LogP contribution in [0.1, 0.15) is 31.8 Å². The van der Waals surface area contributed by atoms with Crippen molar-refractivity contribution in [2.24, 2.45) is 0 Å². The highest BCUT2D eigenvalue weighted by atomic mass is 16.5. The summed E-state index contributed by atoms with van der Waals surface area (Å²) in [5.41, 5.74) is 2.04. The molecule has 0 saturated heterocycles. The van der Waals surface area contributed by atoms with E-state index >= 15 is 0 Å². The van der Waals surface area contributed by atoms with Crippen molar-refractivity contribution < 1.29 is 33.4 Å². The number of aryl methyl sites for hydroxylation is 1. The Kier molecular flexibility index (Phi) is 7.87. The van der Waals surface area contributed by atoms with Crippen LogP contribution in [0, 0.1) is 6.92 Å². The number of ether oxygens (including phenoxy) is 3. The standard InChI is InChI=1S/C22H21NO7/c1-14-5-4-6-15(11-14)7-10-20(25)30-13-19(24)23-18-12-16(21(26)28-2)8-9-17(18)22(27)29-3/h4-12H,13H2,1-3H3,(H,23,24)/b10-7+. The third-order valence-electron chi connectivity index (χ3n) is 3.92.